The number of carbonyl (C=O) groups is 2. The number of imide groups is 1. The molecule has 0 atom stereocenters. The lowest BCUT2D eigenvalue weighted by molar-refractivity contribution is -0.122. The van der Waals surface area contributed by atoms with Gasteiger partial charge in [-0.1, -0.05) is 13.8 Å². The van der Waals surface area contributed by atoms with Gasteiger partial charge in [0, 0.05) is 58.4 Å². The number of rotatable bonds is 9. The maximum atomic E-state index is 13.2. The van der Waals surface area contributed by atoms with Gasteiger partial charge in [0.25, 0.3) is 11.8 Å². The minimum absolute atomic E-state index is 0.352. The van der Waals surface area contributed by atoms with Crippen molar-refractivity contribution in [3.05, 3.63) is 59.9 Å². The van der Waals surface area contributed by atoms with Crippen LogP contribution < -0.4 is 14.8 Å². The van der Waals surface area contributed by atoms with Crippen molar-refractivity contribution in [2.75, 3.05) is 33.9 Å². The number of benzene rings is 2. The summed E-state index contributed by atoms with van der Waals surface area (Å²) in [4.78, 5) is 32.0. The van der Waals surface area contributed by atoms with Crippen LogP contribution in [0.4, 0.5) is 0 Å². The molecular weight excluding hydrogens is 456 g/mol. The first kappa shape index (κ1) is 23.7. The number of likely N-dealkylation sites (N-methyl/N-ethyl adjacent to an activating group) is 1. The van der Waals surface area contributed by atoms with Crippen LogP contribution in [0.25, 0.3) is 33.0 Å². The summed E-state index contributed by atoms with van der Waals surface area (Å²) in [5.41, 5.74) is 3.92. The fourth-order valence-electron chi connectivity index (χ4n) is 4.98. The highest BCUT2D eigenvalue weighted by atomic mass is 16.5. The van der Waals surface area contributed by atoms with Gasteiger partial charge in [0.2, 0.25) is 0 Å². The van der Waals surface area contributed by atoms with E-state index < -0.39 is 11.8 Å². The normalized spacial score (nSPS) is 13.9. The molecule has 0 aliphatic carbocycles. The Labute approximate surface area is 209 Å². The fourth-order valence-corrected chi connectivity index (χ4v) is 4.98. The number of aromatic nitrogens is 2. The molecule has 4 aromatic rings. The molecule has 0 saturated carbocycles. The van der Waals surface area contributed by atoms with E-state index in [0.717, 1.165) is 48.0 Å². The number of hydrogen-bond acceptors (Lipinski definition) is 5. The summed E-state index contributed by atoms with van der Waals surface area (Å²) in [6.07, 6.45) is 3.76. The predicted octanol–water partition coefficient (Wildman–Crippen LogP) is 4.05. The van der Waals surface area contributed by atoms with E-state index in [1.165, 1.54) is 0 Å². The van der Waals surface area contributed by atoms with Crippen molar-refractivity contribution in [3.63, 3.8) is 0 Å². The molecule has 36 heavy (non-hydrogen) atoms. The topological polar surface area (TPSA) is 88.6 Å². The Bertz CT molecular complexity index is 1510. The number of carbonyl (C=O) groups excluding carboxylic acids is 2. The molecular formula is C28H30N4O4. The van der Waals surface area contributed by atoms with Gasteiger partial charge in [0.05, 0.1) is 25.4 Å². The molecule has 1 aliphatic heterocycles. The SMILES string of the molecule is CCN(CC)CCn1cc(C2=C(c3c[nH]c4ccc(OC)cc34)C(=O)NC2=O)c2cc(OC)ccc21. The van der Waals surface area contributed by atoms with Gasteiger partial charge >= 0.3 is 0 Å². The van der Waals surface area contributed by atoms with Crippen LogP contribution in [0.3, 0.4) is 0 Å². The Morgan fingerprint density at radius 2 is 1.50 bits per heavy atom. The number of nitrogens with one attached hydrogen (secondary N) is 2. The van der Waals surface area contributed by atoms with Gasteiger partial charge < -0.3 is 23.9 Å². The van der Waals surface area contributed by atoms with Gasteiger partial charge in [-0.05, 0) is 49.5 Å². The van der Waals surface area contributed by atoms with Crippen molar-refractivity contribution in [3.8, 4) is 11.5 Å². The molecule has 2 aromatic heterocycles. The predicted molar refractivity (Wildman–Crippen MR) is 141 cm³/mol. The minimum atomic E-state index is -0.411. The largest absolute Gasteiger partial charge is 0.497 e. The van der Waals surface area contributed by atoms with Crippen LogP contribution >= 0.6 is 0 Å². The smallest absolute Gasteiger partial charge is 0.259 e. The molecule has 0 radical (unpaired) electrons. The third kappa shape index (κ3) is 3.93. The highest BCUT2D eigenvalue weighted by Crippen LogP contribution is 2.39. The summed E-state index contributed by atoms with van der Waals surface area (Å²) in [6, 6.07) is 11.5. The summed E-state index contributed by atoms with van der Waals surface area (Å²) in [5.74, 6) is 0.547. The number of H-pyrrole nitrogens is 1. The molecule has 0 saturated heterocycles. The second-order valence-electron chi connectivity index (χ2n) is 8.79. The van der Waals surface area contributed by atoms with Crippen molar-refractivity contribution in [2.24, 2.45) is 0 Å². The van der Waals surface area contributed by atoms with Crippen LogP contribution in [0.1, 0.15) is 25.0 Å². The molecule has 0 fully saturated rings. The lowest BCUT2D eigenvalue weighted by Crippen LogP contribution is -2.26. The molecule has 0 unspecified atom stereocenters. The number of aromatic amines is 1. The summed E-state index contributed by atoms with van der Waals surface area (Å²) < 4.78 is 13.0. The second kappa shape index (κ2) is 9.54. The average molecular weight is 487 g/mol. The van der Waals surface area contributed by atoms with Crippen LogP contribution in [-0.4, -0.2) is 60.1 Å². The van der Waals surface area contributed by atoms with E-state index in [9.17, 15) is 9.59 Å². The van der Waals surface area contributed by atoms with E-state index in [2.05, 4.69) is 33.6 Å². The Kier molecular flexibility index (Phi) is 6.28. The standard InChI is InChI=1S/C28H30N4O4/c1-5-31(6-2)11-12-32-16-22(20-14-18(36-4)8-10-24(20)32)26-25(27(33)30-28(26)34)21-15-29-23-9-7-17(35-3)13-19(21)23/h7-10,13-16,29H,5-6,11-12H2,1-4H3,(H,30,33,34). The summed E-state index contributed by atoms with van der Waals surface area (Å²) in [5, 5.41) is 4.20. The first-order valence-corrected chi connectivity index (χ1v) is 12.1. The van der Waals surface area contributed by atoms with E-state index in [4.69, 9.17) is 9.47 Å². The zero-order valence-corrected chi connectivity index (χ0v) is 21.0. The van der Waals surface area contributed by atoms with Gasteiger partial charge in [0.15, 0.2) is 0 Å². The minimum Gasteiger partial charge on any atom is -0.497 e. The highest BCUT2D eigenvalue weighted by Gasteiger charge is 2.35. The Balaban J connectivity index is 1.73. The quantitative estimate of drug-likeness (QED) is 0.349. The van der Waals surface area contributed by atoms with Crippen LogP contribution in [0.15, 0.2) is 48.8 Å². The second-order valence-corrected chi connectivity index (χ2v) is 8.79. The first-order valence-electron chi connectivity index (χ1n) is 12.1. The third-order valence-electron chi connectivity index (χ3n) is 7.00. The molecule has 0 bridgehead atoms. The lowest BCUT2D eigenvalue weighted by Gasteiger charge is -2.18. The molecule has 2 aromatic carbocycles. The molecule has 8 heteroatoms. The van der Waals surface area contributed by atoms with Crippen molar-refractivity contribution < 1.29 is 19.1 Å². The number of fused-ring (bicyclic) bond motifs is 2. The van der Waals surface area contributed by atoms with Crippen molar-refractivity contribution in [1.29, 1.82) is 0 Å². The van der Waals surface area contributed by atoms with Gasteiger partial charge in [-0.15, -0.1) is 0 Å². The Morgan fingerprint density at radius 3 is 2.17 bits per heavy atom. The van der Waals surface area contributed by atoms with Crippen LogP contribution in [0.2, 0.25) is 0 Å². The fraction of sp³-hybridized carbons (Fsp3) is 0.286. The van der Waals surface area contributed by atoms with Crippen molar-refractivity contribution >= 4 is 44.8 Å². The number of hydrogen-bond donors (Lipinski definition) is 2. The molecule has 2 amide bonds. The number of nitrogens with zero attached hydrogens (tertiary/aromatic N) is 2. The monoisotopic (exact) mass is 486 g/mol. The van der Waals surface area contributed by atoms with E-state index in [1.54, 1.807) is 20.4 Å². The van der Waals surface area contributed by atoms with E-state index in [0.29, 0.717) is 33.8 Å². The van der Waals surface area contributed by atoms with E-state index in [1.807, 2.05) is 42.6 Å². The van der Waals surface area contributed by atoms with Crippen molar-refractivity contribution in [1.82, 2.24) is 19.8 Å². The molecule has 8 nitrogen and oxygen atoms in total. The van der Waals surface area contributed by atoms with Gasteiger partial charge in [-0.3, -0.25) is 14.9 Å². The molecule has 0 spiro atoms. The van der Waals surface area contributed by atoms with E-state index in [-0.39, 0.29) is 0 Å². The molecule has 1 aliphatic rings. The maximum Gasteiger partial charge on any atom is 0.259 e. The first-order chi connectivity index (χ1) is 17.5. The van der Waals surface area contributed by atoms with Crippen molar-refractivity contribution in [2.45, 2.75) is 20.4 Å². The van der Waals surface area contributed by atoms with Crippen LogP contribution in [0, 0.1) is 0 Å². The number of ether oxygens (including phenoxy) is 2. The number of amides is 2. The third-order valence-corrected chi connectivity index (χ3v) is 7.00. The summed E-state index contributed by atoms with van der Waals surface area (Å²) in [6.45, 7) is 7.86. The average Bonchev–Trinajstić information content (AvgIpc) is 3.56. The van der Waals surface area contributed by atoms with Crippen LogP contribution in [-0.2, 0) is 16.1 Å². The molecule has 5 rings (SSSR count). The molecule has 186 valence electrons. The maximum absolute atomic E-state index is 13.2. The van der Waals surface area contributed by atoms with Gasteiger partial charge in [0.1, 0.15) is 11.5 Å². The Morgan fingerprint density at radius 1 is 0.861 bits per heavy atom. The zero-order valence-electron chi connectivity index (χ0n) is 21.0. The highest BCUT2D eigenvalue weighted by molar-refractivity contribution is 6.50. The summed E-state index contributed by atoms with van der Waals surface area (Å²) in [7, 11) is 3.22. The number of methoxy groups -OCH3 is 2. The van der Waals surface area contributed by atoms with Crippen LogP contribution in [0.5, 0.6) is 11.5 Å². The Hall–Kier alpha value is -4.04. The zero-order chi connectivity index (χ0) is 25.4. The summed E-state index contributed by atoms with van der Waals surface area (Å²) >= 11 is 0. The molecule has 2 N–H and O–H groups in total. The molecule has 3 heterocycles. The van der Waals surface area contributed by atoms with Gasteiger partial charge in [-0.25, -0.2) is 0 Å². The van der Waals surface area contributed by atoms with E-state index >= 15 is 0 Å². The lowest BCUT2D eigenvalue weighted by atomic mass is 9.95. The van der Waals surface area contributed by atoms with Gasteiger partial charge in [-0.2, -0.15) is 0 Å².